The molecule has 0 aromatic carbocycles. The number of Topliss-reactive ketones (excluding diaryl/α,β-unsaturated/α-hetero) is 1. The molecule has 8 nitrogen and oxygen atoms in total. The lowest BCUT2D eigenvalue weighted by Crippen LogP contribution is -2.71. The normalized spacial score (nSPS) is 47.3. The van der Waals surface area contributed by atoms with Crippen LogP contribution in [0, 0.1) is 34.0 Å². The number of ketones is 1. The van der Waals surface area contributed by atoms with E-state index in [2.05, 4.69) is 25.7 Å². The second-order valence-corrected chi connectivity index (χ2v) is 11.5. The van der Waals surface area contributed by atoms with Crippen LogP contribution in [0.2, 0.25) is 0 Å². The molecule has 0 unspecified atom stereocenters. The van der Waals surface area contributed by atoms with Crippen molar-refractivity contribution in [3.05, 3.63) is 12.2 Å². The van der Waals surface area contributed by atoms with Crippen LogP contribution in [0.1, 0.15) is 52.4 Å². The molecular weight excluding hydrogens is 426 g/mol. The smallest absolute Gasteiger partial charge is 0.324 e. The molecule has 3 aliphatic heterocycles. The Balaban J connectivity index is 1.48. The third kappa shape index (κ3) is 2.40. The Morgan fingerprint density at radius 1 is 1.15 bits per heavy atom. The van der Waals surface area contributed by atoms with Gasteiger partial charge in [0.25, 0.3) is 0 Å². The topological polar surface area (TPSA) is 108 Å². The molecule has 2 spiro atoms. The minimum absolute atomic E-state index is 0.125. The number of carbonyl (C=O) groups is 4. The number of esters is 3. The fraction of sp³-hybridized carbons (Fsp3) is 0.760. The van der Waals surface area contributed by atoms with E-state index in [0.717, 1.165) is 19.4 Å². The quantitative estimate of drug-likeness (QED) is 0.289. The first-order valence-electron chi connectivity index (χ1n) is 12.2. The summed E-state index contributed by atoms with van der Waals surface area (Å²) in [7, 11) is 0. The van der Waals surface area contributed by atoms with E-state index in [1.54, 1.807) is 0 Å². The lowest BCUT2D eigenvalue weighted by Gasteiger charge is -2.61. The molecule has 8 atom stereocenters. The summed E-state index contributed by atoms with van der Waals surface area (Å²) in [6.07, 6.45) is 2.59. The van der Waals surface area contributed by atoms with E-state index in [1.165, 1.54) is 0 Å². The molecule has 0 amide bonds. The van der Waals surface area contributed by atoms with Crippen LogP contribution >= 0.6 is 0 Å². The third-order valence-electron chi connectivity index (χ3n) is 9.74. The van der Waals surface area contributed by atoms with Crippen LogP contribution in [0.15, 0.2) is 12.2 Å². The van der Waals surface area contributed by atoms with Crippen molar-refractivity contribution in [2.75, 3.05) is 13.2 Å². The van der Waals surface area contributed by atoms with E-state index in [0.29, 0.717) is 31.3 Å². The van der Waals surface area contributed by atoms with Crippen molar-refractivity contribution in [1.82, 2.24) is 5.32 Å². The van der Waals surface area contributed by atoms with Gasteiger partial charge in [0.2, 0.25) is 0 Å². The van der Waals surface area contributed by atoms with Crippen LogP contribution in [-0.4, -0.2) is 55.1 Å². The third-order valence-corrected chi connectivity index (χ3v) is 9.74. The van der Waals surface area contributed by atoms with E-state index < -0.39 is 58.8 Å². The second-order valence-electron chi connectivity index (χ2n) is 11.5. The molecule has 33 heavy (non-hydrogen) atoms. The van der Waals surface area contributed by atoms with Gasteiger partial charge in [0.05, 0.1) is 11.3 Å². The van der Waals surface area contributed by atoms with Gasteiger partial charge in [-0.25, -0.2) is 0 Å². The highest BCUT2D eigenvalue weighted by molar-refractivity contribution is 6.16. The molecule has 3 aliphatic carbocycles. The molecule has 0 aromatic heterocycles. The molecule has 6 rings (SSSR count). The molecule has 1 N–H and O–H groups in total. The average molecular weight is 458 g/mol. The maximum Gasteiger partial charge on any atom is 0.324 e. The monoisotopic (exact) mass is 457 g/mol. The molecule has 8 heteroatoms. The Hall–Kier alpha value is -2.22. The highest BCUT2D eigenvalue weighted by atomic mass is 16.6. The van der Waals surface area contributed by atoms with Crippen molar-refractivity contribution in [2.24, 2.45) is 34.0 Å². The van der Waals surface area contributed by atoms with Gasteiger partial charge in [0.1, 0.15) is 24.9 Å². The van der Waals surface area contributed by atoms with Gasteiger partial charge >= 0.3 is 17.9 Å². The Morgan fingerprint density at radius 3 is 2.67 bits per heavy atom. The van der Waals surface area contributed by atoms with Gasteiger partial charge in [0.15, 0.2) is 11.2 Å². The first kappa shape index (κ1) is 21.3. The van der Waals surface area contributed by atoms with Crippen LogP contribution in [0.4, 0.5) is 0 Å². The Bertz CT molecular complexity index is 981. The molecule has 3 heterocycles. The predicted octanol–water partition coefficient (Wildman–Crippen LogP) is 1.71. The minimum Gasteiger partial charge on any atom is -0.465 e. The molecule has 6 fully saturated rings. The summed E-state index contributed by atoms with van der Waals surface area (Å²) >= 11 is 0. The van der Waals surface area contributed by atoms with Crippen LogP contribution in [0.3, 0.4) is 0 Å². The Labute approximate surface area is 192 Å². The van der Waals surface area contributed by atoms with Gasteiger partial charge < -0.3 is 19.5 Å². The summed E-state index contributed by atoms with van der Waals surface area (Å²) in [6, 6.07) is -0.437. The molecule has 0 radical (unpaired) electrons. The maximum atomic E-state index is 13.8. The van der Waals surface area contributed by atoms with Crippen molar-refractivity contribution < 1.29 is 33.4 Å². The lowest BCUT2D eigenvalue weighted by molar-refractivity contribution is -0.247. The number of fused-ring (bicyclic) bond motifs is 1. The molecule has 2 bridgehead atoms. The van der Waals surface area contributed by atoms with Gasteiger partial charge in [0, 0.05) is 5.92 Å². The standard InChI is InChI=1S/C25H31NO7/c1-12-13-6-7-15-24-11-31-21(29)17(24)23(2,3)9-8-16(24)32-22(30)25(15,18(12)27)19(13)33-20(28)14-5-4-10-26-14/h13-17,19,26H,1,4-11H2,2-3H3/t13-,14-,15-,16-,17+,19+,24+,25-/m0/s1. The zero-order valence-electron chi connectivity index (χ0n) is 19.2. The van der Waals surface area contributed by atoms with Crippen molar-refractivity contribution in [1.29, 1.82) is 0 Å². The van der Waals surface area contributed by atoms with Crippen LogP contribution in [0.5, 0.6) is 0 Å². The number of hydrogen-bond donors (Lipinski definition) is 1. The van der Waals surface area contributed by atoms with Gasteiger partial charge in [-0.2, -0.15) is 0 Å². The predicted molar refractivity (Wildman–Crippen MR) is 113 cm³/mol. The average Bonchev–Trinajstić information content (AvgIpc) is 3.45. The number of nitrogens with one attached hydrogen (secondary N) is 1. The molecule has 3 saturated heterocycles. The highest BCUT2D eigenvalue weighted by Gasteiger charge is 2.81. The Kier molecular flexibility index (Phi) is 4.31. The Morgan fingerprint density at radius 2 is 1.94 bits per heavy atom. The van der Waals surface area contributed by atoms with Crippen molar-refractivity contribution in [3.63, 3.8) is 0 Å². The minimum atomic E-state index is -1.65. The largest absolute Gasteiger partial charge is 0.465 e. The first-order chi connectivity index (χ1) is 15.7. The molecule has 0 aromatic rings. The van der Waals surface area contributed by atoms with Gasteiger partial charge in [-0.05, 0) is 62.0 Å². The summed E-state index contributed by atoms with van der Waals surface area (Å²) in [5, 5.41) is 3.13. The van der Waals surface area contributed by atoms with Gasteiger partial charge in [-0.3, -0.25) is 19.2 Å². The molecule has 3 saturated carbocycles. The van der Waals surface area contributed by atoms with Crippen LogP contribution < -0.4 is 5.32 Å². The summed E-state index contributed by atoms with van der Waals surface area (Å²) in [5.74, 6) is -3.11. The molecule has 178 valence electrons. The number of hydrogen-bond acceptors (Lipinski definition) is 8. The fourth-order valence-electron chi connectivity index (χ4n) is 8.38. The van der Waals surface area contributed by atoms with E-state index in [9.17, 15) is 19.2 Å². The van der Waals surface area contributed by atoms with E-state index >= 15 is 0 Å². The van der Waals surface area contributed by atoms with Crippen molar-refractivity contribution >= 4 is 23.7 Å². The number of rotatable bonds is 2. The van der Waals surface area contributed by atoms with E-state index in [-0.39, 0.29) is 23.8 Å². The number of ether oxygens (including phenoxy) is 3. The van der Waals surface area contributed by atoms with Gasteiger partial charge in [-0.15, -0.1) is 0 Å². The summed E-state index contributed by atoms with van der Waals surface area (Å²) < 4.78 is 17.7. The first-order valence-corrected chi connectivity index (χ1v) is 12.2. The second kappa shape index (κ2) is 6.68. The van der Waals surface area contributed by atoms with Gasteiger partial charge in [-0.1, -0.05) is 20.4 Å². The lowest BCUT2D eigenvalue weighted by atomic mass is 9.43. The van der Waals surface area contributed by atoms with Crippen LogP contribution in [0.25, 0.3) is 0 Å². The van der Waals surface area contributed by atoms with Crippen molar-refractivity contribution in [2.45, 2.75) is 70.6 Å². The summed E-state index contributed by atoms with van der Waals surface area (Å²) in [5.41, 5.74) is -2.47. The van der Waals surface area contributed by atoms with Crippen molar-refractivity contribution in [3.8, 4) is 0 Å². The zero-order valence-corrected chi connectivity index (χ0v) is 19.2. The SMILES string of the molecule is C=C1C(=O)[C@@]23C(=O)O[C@H]4CCC(C)(C)[C@H]5C(=O)OC[C@@]45[C@@H]2CC[C@@H]1[C@H]3OC(=O)[C@@H]1CCCN1. The summed E-state index contributed by atoms with van der Waals surface area (Å²) in [4.78, 5) is 53.7. The van der Waals surface area contributed by atoms with E-state index in [4.69, 9.17) is 14.2 Å². The number of carbonyl (C=O) groups excluding carboxylic acids is 4. The molecular formula is C25H31NO7. The van der Waals surface area contributed by atoms with Crippen LogP contribution in [-0.2, 0) is 33.4 Å². The number of cyclic esters (lactones) is 1. The highest BCUT2D eigenvalue weighted by Crippen LogP contribution is 2.71. The maximum absolute atomic E-state index is 13.8. The van der Waals surface area contributed by atoms with E-state index in [1.807, 2.05) is 0 Å². The molecule has 6 aliphatic rings. The fourth-order valence-corrected chi connectivity index (χ4v) is 8.38. The zero-order chi connectivity index (χ0) is 23.3. The summed E-state index contributed by atoms with van der Waals surface area (Å²) in [6.45, 7) is 8.98.